The van der Waals surface area contributed by atoms with Crippen molar-refractivity contribution in [2.75, 3.05) is 5.32 Å². The second-order valence-electron chi connectivity index (χ2n) is 5.84. The highest BCUT2D eigenvalue weighted by Crippen LogP contribution is 2.51. The molecule has 1 nitrogen and oxygen atoms in total. The lowest BCUT2D eigenvalue weighted by Gasteiger charge is -2.41. The van der Waals surface area contributed by atoms with Crippen LogP contribution in [-0.4, -0.2) is 0 Å². The van der Waals surface area contributed by atoms with E-state index in [0.717, 1.165) is 6.42 Å². The van der Waals surface area contributed by atoms with Crippen LogP contribution in [-0.2, 0) is 5.41 Å². The summed E-state index contributed by atoms with van der Waals surface area (Å²) in [6.45, 7) is 2.28. The predicted octanol–water partition coefficient (Wildman–Crippen LogP) is 5.49. The van der Waals surface area contributed by atoms with Crippen molar-refractivity contribution in [3.63, 3.8) is 0 Å². The number of hydrogen-bond donors (Lipinski definition) is 1. The zero-order chi connectivity index (χ0) is 15.0. The monoisotopic (exact) mass is 285 g/mol. The first-order valence-corrected chi connectivity index (χ1v) is 7.88. The van der Waals surface area contributed by atoms with Gasteiger partial charge in [0, 0.05) is 16.8 Å². The van der Waals surface area contributed by atoms with Gasteiger partial charge in [0.1, 0.15) is 0 Å². The molecule has 0 spiro atoms. The van der Waals surface area contributed by atoms with Gasteiger partial charge in [-0.15, -0.1) is 0 Å². The smallest absolute Gasteiger partial charge is 0.0489 e. The topological polar surface area (TPSA) is 12.0 Å². The van der Waals surface area contributed by atoms with E-state index < -0.39 is 0 Å². The summed E-state index contributed by atoms with van der Waals surface area (Å²) in [4.78, 5) is 0. The number of hydrogen-bond acceptors (Lipinski definition) is 1. The minimum Gasteiger partial charge on any atom is -0.355 e. The third kappa shape index (κ3) is 1.72. The van der Waals surface area contributed by atoms with Crippen molar-refractivity contribution >= 4 is 11.4 Å². The van der Waals surface area contributed by atoms with E-state index in [2.05, 4.69) is 91.1 Å². The summed E-state index contributed by atoms with van der Waals surface area (Å²) in [5.41, 5.74) is 6.43. The molecule has 4 rings (SSSR count). The van der Waals surface area contributed by atoms with Crippen molar-refractivity contribution in [2.24, 2.45) is 0 Å². The van der Waals surface area contributed by atoms with Crippen LogP contribution in [0, 0.1) is 0 Å². The fraction of sp³-hybridized carbons (Fsp3) is 0.143. The minimum atomic E-state index is -0.0836. The normalized spacial score (nSPS) is 14.6. The lowest BCUT2D eigenvalue weighted by atomic mass is 9.65. The average molecular weight is 285 g/mol. The first-order chi connectivity index (χ1) is 10.9. The number of fused-ring (bicyclic) bond motifs is 2. The fourth-order valence-electron chi connectivity index (χ4n) is 3.84. The molecule has 1 N–H and O–H groups in total. The summed E-state index contributed by atoms with van der Waals surface area (Å²) >= 11 is 0. The lowest BCUT2D eigenvalue weighted by molar-refractivity contribution is 0.592. The van der Waals surface area contributed by atoms with Gasteiger partial charge in [-0.1, -0.05) is 73.7 Å². The van der Waals surface area contributed by atoms with E-state index >= 15 is 0 Å². The molecule has 0 amide bonds. The van der Waals surface area contributed by atoms with Crippen molar-refractivity contribution in [3.8, 4) is 0 Å². The van der Waals surface area contributed by atoms with E-state index in [-0.39, 0.29) is 5.41 Å². The lowest BCUT2D eigenvalue weighted by Crippen LogP contribution is -2.33. The molecular weight excluding hydrogens is 266 g/mol. The maximum absolute atomic E-state index is 3.60. The Labute approximate surface area is 131 Å². The molecular formula is C21H19N. The second-order valence-corrected chi connectivity index (χ2v) is 5.84. The molecule has 22 heavy (non-hydrogen) atoms. The Kier molecular flexibility index (Phi) is 3.00. The van der Waals surface area contributed by atoms with Gasteiger partial charge in [0.2, 0.25) is 0 Å². The zero-order valence-electron chi connectivity index (χ0n) is 12.7. The number of nitrogens with one attached hydrogen (secondary N) is 1. The predicted molar refractivity (Wildman–Crippen MR) is 92.8 cm³/mol. The molecule has 0 unspecified atom stereocenters. The highest BCUT2D eigenvalue weighted by Gasteiger charge is 2.40. The molecule has 0 aliphatic carbocycles. The van der Waals surface area contributed by atoms with Crippen molar-refractivity contribution in [1.82, 2.24) is 0 Å². The van der Waals surface area contributed by atoms with Gasteiger partial charge in [-0.2, -0.15) is 0 Å². The molecule has 0 atom stereocenters. The van der Waals surface area contributed by atoms with Gasteiger partial charge in [0.25, 0.3) is 0 Å². The fourth-order valence-corrected chi connectivity index (χ4v) is 3.84. The third-order valence-electron chi connectivity index (χ3n) is 4.84. The number of benzene rings is 3. The molecule has 0 bridgehead atoms. The van der Waals surface area contributed by atoms with Crippen LogP contribution in [0.4, 0.5) is 11.4 Å². The highest BCUT2D eigenvalue weighted by molar-refractivity contribution is 5.78. The van der Waals surface area contributed by atoms with Crippen LogP contribution >= 0.6 is 0 Å². The summed E-state index contributed by atoms with van der Waals surface area (Å²) in [5.74, 6) is 0. The quantitative estimate of drug-likeness (QED) is 0.656. The van der Waals surface area contributed by atoms with Crippen molar-refractivity contribution < 1.29 is 0 Å². The van der Waals surface area contributed by atoms with E-state index in [1.807, 2.05) is 0 Å². The van der Waals surface area contributed by atoms with E-state index in [4.69, 9.17) is 0 Å². The standard InChI is InChI=1S/C21H19N/c1-2-21(16-10-4-3-5-11-16)17-12-6-8-14-19(17)22-20-15-9-7-13-18(20)21/h3-15,22H,2H2,1H3. The maximum Gasteiger partial charge on any atom is 0.0489 e. The first kappa shape index (κ1) is 13.1. The van der Waals surface area contributed by atoms with Gasteiger partial charge < -0.3 is 5.32 Å². The molecule has 1 aliphatic rings. The Morgan fingerprint density at radius 3 is 1.73 bits per heavy atom. The van der Waals surface area contributed by atoms with Gasteiger partial charge in [0.05, 0.1) is 0 Å². The van der Waals surface area contributed by atoms with E-state index in [1.165, 1.54) is 28.1 Å². The van der Waals surface area contributed by atoms with E-state index in [1.54, 1.807) is 0 Å². The average Bonchev–Trinajstić information content (AvgIpc) is 2.60. The van der Waals surface area contributed by atoms with Crippen LogP contribution in [0.1, 0.15) is 30.0 Å². The Morgan fingerprint density at radius 2 is 1.18 bits per heavy atom. The van der Waals surface area contributed by atoms with Gasteiger partial charge in [-0.25, -0.2) is 0 Å². The molecule has 0 saturated carbocycles. The number of anilines is 2. The van der Waals surface area contributed by atoms with Gasteiger partial charge in [0.15, 0.2) is 0 Å². The second kappa shape index (κ2) is 5.03. The SMILES string of the molecule is CCC1(c2ccccc2)c2ccccc2Nc2ccccc21. The van der Waals surface area contributed by atoms with Crippen molar-refractivity contribution in [2.45, 2.75) is 18.8 Å². The van der Waals surface area contributed by atoms with Crippen LogP contribution in [0.3, 0.4) is 0 Å². The number of rotatable bonds is 2. The highest BCUT2D eigenvalue weighted by atomic mass is 14.9. The van der Waals surface area contributed by atoms with Gasteiger partial charge in [-0.3, -0.25) is 0 Å². The molecule has 3 aromatic carbocycles. The Hall–Kier alpha value is -2.54. The molecule has 0 aromatic heterocycles. The Balaban J connectivity index is 2.09. The summed E-state index contributed by atoms with van der Waals surface area (Å²) in [5, 5.41) is 3.60. The number of para-hydroxylation sites is 2. The van der Waals surface area contributed by atoms with Crippen LogP contribution in [0.5, 0.6) is 0 Å². The van der Waals surface area contributed by atoms with Crippen LogP contribution in [0.2, 0.25) is 0 Å². The molecule has 0 fully saturated rings. The summed E-state index contributed by atoms with van der Waals surface area (Å²) < 4.78 is 0. The minimum absolute atomic E-state index is 0.0836. The van der Waals surface area contributed by atoms with Crippen LogP contribution < -0.4 is 5.32 Å². The molecule has 108 valence electrons. The summed E-state index contributed by atoms with van der Waals surface area (Å²) in [7, 11) is 0. The molecule has 0 saturated heterocycles. The van der Waals surface area contributed by atoms with E-state index in [9.17, 15) is 0 Å². The third-order valence-corrected chi connectivity index (χ3v) is 4.84. The summed E-state index contributed by atoms with van der Waals surface area (Å²) in [6, 6.07) is 28.2. The van der Waals surface area contributed by atoms with E-state index in [0.29, 0.717) is 0 Å². The van der Waals surface area contributed by atoms with Crippen molar-refractivity contribution in [1.29, 1.82) is 0 Å². The largest absolute Gasteiger partial charge is 0.355 e. The van der Waals surface area contributed by atoms with Gasteiger partial charge >= 0.3 is 0 Å². The first-order valence-electron chi connectivity index (χ1n) is 7.88. The molecule has 1 heteroatoms. The molecule has 1 aliphatic heterocycles. The maximum atomic E-state index is 3.60. The van der Waals surface area contributed by atoms with Gasteiger partial charge in [-0.05, 0) is 35.2 Å². The molecule has 1 heterocycles. The Bertz CT molecular complexity index is 759. The molecule has 3 aromatic rings. The molecule has 0 radical (unpaired) electrons. The Morgan fingerprint density at radius 1 is 0.682 bits per heavy atom. The van der Waals surface area contributed by atoms with Crippen LogP contribution in [0.15, 0.2) is 78.9 Å². The summed E-state index contributed by atoms with van der Waals surface area (Å²) in [6.07, 6.45) is 1.03. The van der Waals surface area contributed by atoms with Crippen molar-refractivity contribution in [3.05, 3.63) is 95.6 Å². The van der Waals surface area contributed by atoms with Crippen LogP contribution in [0.25, 0.3) is 0 Å². The zero-order valence-corrected chi connectivity index (χ0v) is 12.7.